The van der Waals surface area contributed by atoms with Crippen molar-refractivity contribution in [1.29, 1.82) is 0 Å². The van der Waals surface area contributed by atoms with Crippen molar-refractivity contribution < 1.29 is 0 Å². The van der Waals surface area contributed by atoms with Crippen LogP contribution in [0.4, 0.5) is 17.1 Å². The molecule has 0 bridgehead atoms. The van der Waals surface area contributed by atoms with Gasteiger partial charge in [0.25, 0.3) is 0 Å². The van der Waals surface area contributed by atoms with Crippen molar-refractivity contribution in [3.05, 3.63) is 237 Å². The second kappa shape index (κ2) is 15.0. The Morgan fingerprint density at radius 3 is 1.19 bits per heavy atom. The summed E-state index contributed by atoms with van der Waals surface area (Å²) < 4.78 is 0. The van der Waals surface area contributed by atoms with Crippen LogP contribution in [0.1, 0.15) is 0 Å². The van der Waals surface area contributed by atoms with Crippen molar-refractivity contribution >= 4 is 38.6 Å². The molecule has 0 spiro atoms. The molecule has 57 heavy (non-hydrogen) atoms. The summed E-state index contributed by atoms with van der Waals surface area (Å²) >= 11 is 0. The number of nitrogens with zero attached hydrogens (tertiary/aromatic N) is 1. The van der Waals surface area contributed by atoms with Crippen LogP contribution in [0, 0.1) is 0 Å². The molecule has 0 saturated carbocycles. The van der Waals surface area contributed by atoms with E-state index in [0.29, 0.717) is 0 Å². The van der Waals surface area contributed by atoms with Gasteiger partial charge in [-0.2, -0.15) is 0 Å². The summed E-state index contributed by atoms with van der Waals surface area (Å²) in [7, 11) is 0. The highest BCUT2D eigenvalue weighted by Crippen LogP contribution is 2.48. The van der Waals surface area contributed by atoms with E-state index in [1.807, 2.05) is 0 Å². The van der Waals surface area contributed by atoms with Crippen molar-refractivity contribution in [2.45, 2.75) is 0 Å². The summed E-state index contributed by atoms with van der Waals surface area (Å²) in [4.78, 5) is 2.46. The Labute approximate surface area is 334 Å². The minimum atomic E-state index is 1.08. The summed E-state index contributed by atoms with van der Waals surface area (Å²) in [6.07, 6.45) is 0. The summed E-state index contributed by atoms with van der Waals surface area (Å²) in [6.45, 7) is 0. The summed E-state index contributed by atoms with van der Waals surface area (Å²) in [5.41, 5.74) is 15.1. The van der Waals surface area contributed by atoms with Crippen LogP contribution < -0.4 is 4.90 Å². The first kappa shape index (κ1) is 34.0. The van der Waals surface area contributed by atoms with E-state index in [1.54, 1.807) is 0 Å². The van der Waals surface area contributed by atoms with Crippen LogP contribution in [0.25, 0.3) is 77.2 Å². The Morgan fingerprint density at radius 1 is 0.228 bits per heavy atom. The van der Waals surface area contributed by atoms with E-state index < -0.39 is 0 Å². The van der Waals surface area contributed by atoms with E-state index in [0.717, 1.165) is 17.1 Å². The van der Waals surface area contributed by atoms with Gasteiger partial charge in [-0.25, -0.2) is 0 Å². The van der Waals surface area contributed by atoms with Crippen LogP contribution in [0.15, 0.2) is 237 Å². The van der Waals surface area contributed by atoms with Gasteiger partial charge in [-0.05, 0) is 114 Å². The molecule has 0 unspecified atom stereocenters. The molecule has 10 aromatic rings. The predicted octanol–water partition coefficient (Wildman–Crippen LogP) is 15.8. The molecule has 0 radical (unpaired) electrons. The highest BCUT2D eigenvalue weighted by atomic mass is 15.1. The monoisotopic (exact) mass is 725 g/mol. The number of benzene rings is 10. The third-order valence-corrected chi connectivity index (χ3v) is 11.0. The van der Waals surface area contributed by atoms with Gasteiger partial charge in [0.15, 0.2) is 0 Å². The molecule has 0 heterocycles. The molecule has 0 fully saturated rings. The van der Waals surface area contributed by atoms with Crippen molar-refractivity contribution in [3.63, 3.8) is 0 Å². The van der Waals surface area contributed by atoms with Gasteiger partial charge in [0.05, 0.1) is 5.69 Å². The van der Waals surface area contributed by atoms with Gasteiger partial charge >= 0.3 is 0 Å². The molecule has 0 saturated heterocycles. The number of anilines is 3. The molecule has 0 amide bonds. The van der Waals surface area contributed by atoms with E-state index in [4.69, 9.17) is 0 Å². The predicted molar refractivity (Wildman–Crippen MR) is 243 cm³/mol. The molecule has 268 valence electrons. The van der Waals surface area contributed by atoms with E-state index >= 15 is 0 Å². The van der Waals surface area contributed by atoms with Crippen LogP contribution in [-0.4, -0.2) is 0 Å². The third-order valence-electron chi connectivity index (χ3n) is 11.0. The molecule has 0 atom stereocenters. The van der Waals surface area contributed by atoms with Gasteiger partial charge < -0.3 is 4.90 Å². The molecule has 0 N–H and O–H groups in total. The number of hydrogen-bond donors (Lipinski definition) is 0. The maximum atomic E-state index is 2.46. The minimum absolute atomic E-state index is 1.08. The Hall–Kier alpha value is -7.48. The molecule has 0 aromatic heterocycles. The first-order chi connectivity index (χ1) is 28.3. The fraction of sp³-hybridized carbons (Fsp3) is 0. The first-order valence-corrected chi connectivity index (χ1v) is 19.6. The molecule has 0 aliphatic carbocycles. The third kappa shape index (κ3) is 6.66. The number of hydrogen-bond acceptors (Lipinski definition) is 1. The van der Waals surface area contributed by atoms with Gasteiger partial charge in [-0.15, -0.1) is 0 Å². The Kier molecular flexibility index (Phi) is 8.95. The van der Waals surface area contributed by atoms with E-state index in [2.05, 4.69) is 241 Å². The van der Waals surface area contributed by atoms with Crippen LogP contribution >= 0.6 is 0 Å². The topological polar surface area (TPSA) is 3.24 Å². The van der Waals surface area contributed by atoms with E-state index in [9.17, 15) is 0 Å². The fourth-order valence-corrected chi connectivity index (χ4v) is 8.25. The van der Waals surface area contributed by atoms with Crippen molar-refractivity contribution in [1.82, 2.24) is 0 Å². The maximum Gasteiger partial charge on any atom is 0.0546 e. The summed E-state index contributed by atoms with van der Waals surface area (Å²) in [5.74, 6) is 0. The summed E-state index contributed by atoms with van der Waals surface area (Å²) in [5, 5.41) is 4.94. The summed E-state index contributed by atoms with van der Waals surface area (Å²) in [6, 6.07) is 85.9. The molecule has 10 rings (SSSR count). The van der Waals surface area contributed by atoms with Crippen molar-refractivity contribution in [3.8, 4) is 55.6 Å². The van der Waals surface area contributed by atoms with Crippen LogP contribution in [0.5, 0.6) is 0 Å². The average Bonchev–Trinajstić information content (AvgIpc) is 3.29. The van der Waals surface area contributed by atoms with Gasteiger partial charge in [-0.3, -0.25) is 0 Å². The maximum absolute atomic E-state index is 2.46. The lowest BCUT2D eigenvalue weighted by Gasteiger charge is -2.30. The highest BCUT2D eigenvalue weighted by Gasteiger charge is 2.23. The molecule has 1 nitrogen and oxygen atoms in total. The van der Waals surface area contributed by atoms with Crippen molar-refractivity contribution in [2.75, 3.05) is 4.90 Å². The van der Waals surface area contributed by atoms with E-state index in [-0.39, 0.29) is 0 Å². The molecular formula is C56H39N. The zero-order valence-corrected chi connectivity index (χ0v) is 31.5. The van der Waals surface area contributed by atoms with Crippen LogP contribution in [0.3, 0.4) is 0 Å². The van der Waals surface area contributed by atoms with Gasteiger partial charge in [-0.1, -0.05) is 194 Å². The highest BCUT2D eigenvalue weighted by molar-refractivity contribution is 6.02. The second-order valence-corrected chi connectivity index (χ2v) is 14.5. The van der Waals surface area contributed by atoms with E-state index in [1.165, 1.54) is 77.2 Å². The molecule has 0 aliphatic rings. The first-order valence-electron chi connectivity index (χ1n) is 19.6. The average molecular weight is 726 g/mol. The van der Waals surface area contributed by atoms with Gasteiger partial charge in [0, 0.05) is 16.9 Å². The number of fused-ring (bicyclic) bond motifs is 2. The van der Waals surface area contributed by atoms with Crippen LogP contribution in [0.2, 0.25) is 0 Å². The quantitative estimate of drug-likeness (QED) is 0.151. The minimum Gasteiger partial charge on any atom is -0.310 e. The second-order valence-electron chi connectivity index (χ2n) is 14.5. The molecule has 1 heteroatoms. The smallest absolute Gasteiger partial charge is 0.0546 e. The molecule has 0 aliphatic heterocycles. The number of rotatable bonds is 8. The molecular weight excluding hydrogens is 687 g/mol. The Bertz CT molecular complexity index is 2890. The van der Waals surface area contributed by atoms with Crippen LogP contribution in [-0.2, 0) is 0 Å². The Morgan fingerprint density at radius 2 is 0.632 bits per heavy atom. The normalized spacial score (nSPS) is 11.2. The standard InChI is InChI=1S/C56H39N/c1-3-18-42(19-4-1)52-28-11-12-29-54(52)56-53(43-20-5-2-6-21-43)30-15-31-55(56)57(50-26-13-24-46(38-50)48-34-32-40-16-7-9-22-44(40)36-48)51-27-14-25-47(39-51)49-35-33-41-17-8-10-23-45(41)37-49/h1-39H. The zero-order chi connectivity index (χ0) is 38.0. The zero-order valence-electron chi connectivity index (χ0n) is 31.5. The lowest BCUT2D eigenvalue weighted by Crippen LogP contribution is -2.12. The lowest BCUT2D eigenvalue weighted by molar-refractivity contribution is 1.28. The largest absolute Gasteiger partial charge is 0.310 e. The van der Waals surface area contributed by atoms with Gasteiger partial charge in [0.2, 0.25) is 0 Å². The molecule has 10 aromatic carbocycles. The van der Waals surface area contributed by atoms with Gasteiger partial charge in [0.1, 0.15) is 0 Å². The lowest BCUT2D eigenvalue weighted by atomic mass is 9.87. The van der Waals surface area contributed by atoms with Crippen molar-refractivity contribution in [2.24, 2.45) is 0 Å². The SMILES string of the molecule is c1ccc(-c2ccccc2-c2c(-c3ccccc3)cccc2N(c2cccc(-c3ccc4ccccc4c3)c2)c2cccc(-c3ccc4ccccc4c3)c2)cc1. The Balaban J connectivity index is 1.23. The fourth-order valence-electron chi connectivity index (χ4n) is 8.25.